The van der Waals surface area contributed by atoms with Gasteiger partial charge in [0.05, 0.1) is 16.2 Å². The van der Waals surface area contributed by atoms with Gasteiger partial charge in [-0.25, -0.2) is 8.42 Å². The highest BCUT2D eigenvalue weighted by Crippen LogP contribution is 2.29. The Morgan fingerprint density at radius 2 is 1.56 bits per heavy atom. The van der Waals surface area contributed by atoms with E-state index in [1.165, 1.54) is 12.1 Å². The summed E-state index contributed by atoms with van der Waals surface area (Å²) in [6.07, 6.45) is -4.48. The quantitative estimate of drug-likeness (QED) is 0.818. The number of amides is 1. The van der Waals surface area contributed by atoms with E-state index in [-0.39, 0.29) is 16.2 Å². The molecule has 0 aliphatic heterocycles. The molecule has 0 heterocycles. The van der Waals surface area contributed by atoms with Crippen molar-refractivity contribution in [3.63, 3.8) is 0 Å². The van der Waals surface area contributed by atoms with Crippen molar-refractivity contribution in [1.29, 1.82) is 0 Å². The zero-order valence-corrected chi connectivity index (χ0v) is 13.7. The Balaban J connectivity index is 2.05. The van der Waals surface area contributed by atoms with Gasteiger partial charge in [0.15, 0.2) is 9.84 Å². The van der Waals surface area contributed by atoms with Crippen LogP contribution in [0.15, 0.2) is 71.6 Å². The Morgan fingerprint density at radius 1 is 1.00 bits per heavy atom. The SMILES string of the molecule is C=C(CS(=O)(=O)c1ccccc1)C(=O)Nc1ccc(C(F)(F)F)cc1. The van der Waals surface area contributed by atoms with E-state index in [9.17, 15) is 26.4 Å². The number of benzene rings is 2. The maximum absolute atomic E-state index is 12.5. The normalized spacial score (nSPS) is 11.8. The van der Waals surface area contributed by atoms with Gasteiger partial charge in [0.2, 0.25) is 0 Å². The molecule has 0 atom stereocenters. The largest absolute Gasteiger partial charge is 0.416 e. The zero-order valence-electron chi connectivity index (χ0n) is 12.9. The zero-order chi connectivity index (χ0) is 18.7. The lowest BCUT2D eigenvalue weighted by molar-refractivity contribution is -0.137. The van der Waals surface area contributed by atoms with Crippen LogP contribution in [-0.4, -0.2) is 20.1 Å². The predicted molar refractivity (Wildman–Crippen MR) is 87.7 cm³/mol. The first-order chi connectivity index (χ1) is 11.6. The third-order valence-electron chi connectivity index (χ3n) is 3.26. The molecule has 25 heavy (non-hydrogen) atoms. The van der Waals surface area contributed by atoms with Crippen molar-refractivity contribution in [3.05, 3.63) is 72.3 Å². The van der Waals surface area contributed by atoms with Crippen molar-refractivity contribution < 1.29 is 26.4 Å². The van der Waals surface area contributed by atoms with Crippen molar-refractivity contribution in [1.82, 2.24) is 0 Å². The molecule has 2 aromatic rings. The first kappa shape index (κ1) is 18.7. The van der Waals surface area contributed by atoms with Crippen LogP contribution in [0.5, 0.6) is 0 Å². The van der Waals surface area contributed by atoms with Crippen molar-refractivity contribution in [2.24, 2.45) is 0 Å². The molecular formula is C17H14F3NO3S. The molecule has 2 rings (SSSR count). The summed E-state index contributed by atoms with van der Waals surface area (Å²) in [4.78, 5) is 12.1. The Bertz CT molecular complexity index is 874. The highest BCUT2D eigenvalue weighted by atomic mass is 32.2. The first-order valence-electron chi connectivity index (χ1n) is 7.04. The van der Waals surface area contributed by atoms with E-state index in [1.54, 1.807) is 18.2 Å². The molecule has 0 saturated carbocycles. The van der Waals surface area contributed by atoms with Crippen LogP contribution >= 0.6 is 0 Å². The van der Waals surface area contributed by atoms with Gasteiger partial charge in [-0.05, 0) is 36.4 Å². The maximum Gasteiger partial charge on any atom is 0.416 e. The second-order valence-corrected chi connectivity index (χ2v) is 7.19. The fourth-order valence-electron chi connectivity index (χ4n) is 1.97. The van der Waals surface area contributed by atoms with Crippen LogP contribution in [0, 0.1) is 0 Å². The number of anilines is 1. The summed E-state index contributed by atoms with van der Waals surface area (Å²) in [6.45, 7) is 3.45. The summed E-state index contributed by atoms with van der Waals surface area (Å²) in [5.74, 6) is -1.37. The Kier molecular flexibility index (Phi) is 5.32. The minimum absolute atomic E-state index is 0.0541. The van der Waals surface area contributed by atoms with E-state index in [2.05, 4.69) is 11.9 Å². The molecule has 0 aliphatic rings. The van der Waals surface area contributed by atoms with E-state index < -0.39 is 33.2 Å². The van der Waals surface area contributed by atoms with Crippen LogP contribution in [0.25, 0.3) is 0 Å². The van der Waals surface area contributed by atoms with Gasteiger partial charge in [0, 0.05) is 11.3 Å². The van der Waals surface area contributed by atoms with E-state index in [0.29, 0.717) is 0 Å². The fourth-order valence-corrected chi connectivity index (χ4v) is 3.30. The molecule has 0 spiro atoms. The van der Waals surface area contributed by atoms with Crippen molar-refractivity contribution >= 4 is 21.4 Å². The van der Waals surface area contributed by atoms with Crippen LogP contribution in [0.2, 0.25) is 0 Å². The number of alkyl halides is 3. The lowest BCUT2D eigenvalue weighted by Crippen LogP contribution is -2.20. The Labute approximate surface area is 142 Å². The Hall–Kier alpha value is -2.61. The van der Waals surface area contributed by atoms with E-state index in [4.69, 9.17) is 0 Å². The fraction of sp³-hybridized carbons (Fsp3) is 0.118. The molecule has 0 fully saturated rings. The topological polar surface area (TPSA) is 63.2 Å². The van der Waals surface area contributed by atoms with Crippen LogP contribution in [0.1, 0.15) is 5.56 Å². The smallest absolute Gasteiger partial charge is 0.322 e. The summed E-state index contributed by atoms with van der Waals surface area (Å²) < 4.78 is 61.8. The predicted octanol–water partition coefficient (Wildman–Crippen LogP) is 3.67. The summed E-state index contributed by atoms with van der Waals surface area (Å²) >= 11 is 0. The molecule has 0 aromatic heterocycles. The Morgan fingerprint density at radius 3 is 2.08 bits per heavy atom. The molecule has 132 valence electrons. The molecular weight excluding hydrogens is 355 g/mol. The van der Waals surface area contributed by atoms with Crippen LogP contribution in [-0.2, 0) is 20.8 Å². The van der Waals surface area contributed by atoms with E-state index in [0.717, 1.165) is 24.3 Å². The third-order valence-corrected chi connectivity index (χ3v) is 4.98. The first-order valence-corrected chi connectivity index (χ1v) is 8.69. The van der Waals surface area contributed by atoms with Crippen LogP contribution < -0.4 is 5.32 Å². The highest BCUT2D eigenvalue weighted by Gasteiger charge is 2.30. The second kappa shape index (κ2) is 7.10. The number of halogens is 3. The number of nitrogens with one attached hydrogen (secondary N) is 1. The number of hydrogen-bond acceptors (Lipinski definition) is 3. The van der Waals surface area contributed by atoms with E-state index in [1.807, 2.05) is 0 Å². The molecule has 0 aliphatic carbocycles. The van der Waals surface area contributed by atoms with Crippen molar-refractivity contribution in [2.75, 3.05) is 11.1 Å². The maximum atomic E-state index is 12.5. The average Bonchev–Trinajstić information content (AvgIpc) is 2.55. The lowest BCUT2D eigenvalue weighted by atomic mass is 10.2. The van der Waals surface area contributed by atoms with Crippen molar-refractivity contribution in [3.8, 4) is 0 Å². The third kappa shape index (κ3) is 4.93. The summed E-state index contributed by atoms with van der Waals surface area (Å²) in [5.41, 5.74) is -0.962. The van der Waals surface area contributed by atoms with Crippen molar-refractivity contribution in [2.45, 2.75) is 11.1 Å². The minimum Gasteiger partial charge on any atom is -0.322 e. The van der Waals surface area contributed by atoms with Gasteiger partial charge in [-0.2, -0.15) is 13.2 Å². The highest BCUT2D eigenvalue weighted by molar-refractivity contribution is 7.91. The van der Waals surface area contributed by atoms with Gasteiger partial charge >= 0.3 is 6.18 Å². The summed E-state index contributed by atoms with van der Waals surface area (Å²) in [6, 6.07) is 11.4. The van der Waals surface area contributed by atoms with Gasteiger partial charge in [0.1, 0.15) is 0 Å². The molecule has 8 heteroatoms. The molecule has 0 radical (unpaired) electrons. The van der Waals surface area contributed by atoms with Crippen LogP contribution in [0.3, 0.4) is 0 Å². The number of sulfone groups is 1. The van der Waals surface area contributed by atoms with Gasteiger partial charge in [-0.3, -0.25) is 4.79 Å². The van der Waals surface area contributed by atoms with Crippen LogP contribution in [0.4, 0.5) is 18.9 Å². The van der Waals surface area contributed by atoms with Gasteiger partial charge in [-0.15, -0.1) is 0 Å². The van der Waals surface area contributed by atoms with Gasteiger partial charge in [0.25, 0.3) is 5.91 Å². The number of rotatable bonds is 5. The second-order valence-electron chi connectivity index (χ2n) is 5.20. The molecule has 0 bridgehead atoms. The molecule has 1 amide bonds. The molecule has 4 nitrogen and oxygen atoms in total. The monoisotopic (exact) mass is 369 g/mol. The summed E-state index contributed by atoms with van der Waals surface area (Å²) in [7, 11) is -3.73. The van der Waals surface area contributed by atoms with Gasteiger partial charge < -0.3 is 5.32 Å². The lowest BCUT2D eigenvalue weighted by Gasteiger charge is -2.10. The number of carbonyl (C=O) groups excluding carboxylic acids is 1. The standard InChI is InChI=1S/C17H14F3NO3S/c1-12(11-25(23,24)15-5-3-2-4-6-15)16(22)21-14-9-7-13(8-10-14)17(18,19)20/h2-10H,1,11H2,(H,21,22). The molecule has 0 saturated heterocycles. The number of hydrogen-bond donors (Lipinski definition) is 1. The van der Waals surface area contributed by atoms with E-state index >= 15 is 0 Å². The minimum atomic E-state index is -4.48. The van der Waals surface area contributed by atoms with Gasteiger partial charge in [-0.1, -0.05) is 24.8 Å². The molecule has 1 N–H and O–H groups in total. The summed E-state index contributed by atoms with van der Waals surface area (Å²) in [5, 5.41) is 2.32. The molecule has 2 aromatic carbocycles. The molecule has 0 unspecified atom stereocenters. The number of carbonyl (C=O) groups is 1. The average molecular weight is 369 g/mol.